The van der Waals surface area contributed by atoms with Crippen LogP contribution in [0.3, 0.4) is 0 Å². The zero-order valence-corrected chi connectivity index (χ0v) is 8.18. The molecule has 3 nitrogen and oxygen atoms in total. The topological polar surface area (TPSA) is 46.0 Å². The van der Waals surface area contributed by atoms with Crippen molar-refractivity contribution in [3.8, 4) is 5.75 Å². The van der Waals surface area contributed by atoms with Crippen LogP contribution in [0.2, 0.25) is 0 Å². The second kappa shape index (κ2) is 3.76. The molecule has 1 N–H and O–H groups in total. The van der Waals surface area contributed by atoms with Crippen molar-refractivity contribution in [1.29, 1.82) is 0 Å². The van der Waals surface area contributed by atoms with E-state index in [1.165, 1.54) is 29.6 Å². The molecule has 0 saturated carbocycles. The van der Waals surface area contributed by atoms with E-state index in [1.54, 1.807) is 12.1 Å². The van der Waals surface area contributed by atoms with Gasteiger partial charge >= 0.3 is 0 Å². The van der Waals surface area contributed by atoms with E-state index < -0.39 is 0 Å². The SMILES string of the molecule is Oc1ccccc1Sc1ncns1. The number of phenolic OH excluding ortho intramolecular Hbond substituents is 1. The number of rotatable bonds is 2. The Balaban J connectivity index is 2.24. The lowest BCUT2D eigenvalue weighted by Gasteiger charge is -1.98. The summed E-state index contributed by atoms with van der Waals surface area (Å²) in [5.74, 6) is 0.280. The van der Waals surface area contributed by atoms with E-state index in [-0.39, 0.29) is 5.75 Å². The van der Waals surface area contributed by atoms with E-state index in [0.717, 1.165) is 9.24 Å². The summed E-state index contributed by atoms with van der Waals surface area (Å²) < 4.78 is 4.71. The quantitative estimate of drug-likeness (QED) is 0.826. The van der Waals surface area contributed by atoms with Gasteiger partial charge in [-0.3, -0.25) is 0 Å². The van der Waals surface area contributed by atoms with Gasteiger partial charge < -0.3 is 5.11 Å². The molecule has 1 heterocycles. The molecule has 66 valence electrons. The van der Waals surface area contributed by atoms with Gasteiger partial charge in [0.15, 0.2) is 4.34 Å². The Morgan fingerprint density at radius 2 is 2.15 bits per heavy atom. The number of aromatic nitrogens is 2. The van der Waals surface area contributed by atoms with E-state index >= 15 is 0 Å². The molecule has 0 aliphatic carbocycles. The van der Waals surface area contributed by atoms with Crippen LogP contribution in [0.25, 0.3) is 0 Å². The van der Waals surface area contributed by atoms with Gasteiger partial charge in [-0.15, -0.1) is 0 Å². The molecule has 5 heteroatoms. The maximum atomic E-state index is 9.44. The molecule has 2 aromatic rings. The fourth-order valence-electron chi connectivity index (χ4n) is 0.845. The Hall–Kier alpha value is -1.07. The summed E-state index contributed by atoms with van der Waals surface area (Å²) in [4.78, 5) is 4.82. The van der Waals surface area contributed by atoms with Gasteiger partial charge in [-0.1, -0.05) is 23.9 Å². The number of phenols is 1. The highest BCUT2D eigenvalue weighted by Gasteiger charge is 2.03. The van der Waals surface area contributed by atoms with Gasteiger partial charge in [0.05, 0.1) is 4.90 Å². The van der Waals surface area contributed by atoms with E-state index in [1.807, 2.05) is 12.1 Å². The normalized spacial score (nSPS) is 10.2. The third-order valence-electron chi connectivity index (χ3n) is 1.40. The van der Waals surface area contributed by atoms with Crippen molar-refractivity contribution >= 4 is 23.3 Å². The zero-order chi connectivity index (χ0) is 9.10. The van der Waals surface area contributed by atoms with Crippen LogP contribution in [0, 0.1) is 0 Å². The minimum absolute atomic E-state index is 0.280. The molecule has 0 fully saturated rings. The molecule has 0 aliphatic heterocycles. The predicted molar refractivity (Wildman–Crippen MR) is 52.1 cm³/mol. The van der Waals surface area contributed by atoms with Gasteiger partial charge in [0, 0.05) is 0 Å². The molecule has 0 unspecified atom stereocenters. The molecule has 0 amide bonds. The van der Waals surface area contributed by atoms with Crippen molar-refractivity contribution in [3.63, 3.8) is 0 Å². The summed E-state index contributed by atoms with van der Waals surface area (Å²) in [5, 5.41) is 9.44. The second-order valence-electron chi connectivity index (χ2n) is 2.28. The number of para-hydroxylation sites is 1. The monoisotopic (exact) mass is 210 g/mol. The van der Waals surface area contributed by atoms with Crippen LogP contribution in [0.15, 0.2) is 39.8 Å². The highest BCUT2D eigenvalue weighted by Crippen LogP contribution is 2.33. The summed E-state index contributed by atoms with van der Waals surface area (Å²) in [6.07, 6.45) is 1.51. The second-order valence-corrected chi connectivity index (χ2v) is 4.35. The molecule has 0 radical (unpaired) electrons. The van der Waals surface area contributed by atoms with Crippen LogP contribution in [-0.2, 0) is 0 Å². The summed E-state index contributed by atoms with van der Waals surface area (Å²) in [6, 6.07) is 7.17. The average molecular weight is 210 g/mol. The molecule has 1 aromatic heterocycles. The molecular formula is C8H6N2OS2. The molecule has 0 bridgehead atoms. The number of benzene rings is 1. The summed E-state index contributed by atoms with van der Waals surface area (Å²) >= 11 is 2.73. The largest absolute Gasteiger partial charge is 0.507 e. The first-order valence-electron chi connectivity index (χ1n) is 3.59. The van der Waals surface area contributed by atoms with Crippen LogP contribution < -0.4 is 0 Å². The van der Waals surface area contributed by atoms with Crippen LogP contribution in [-0.4, -0.2) is 14.5 Å². The van der Waals surface area contributed by atoms with E-state index in [9.17, 15) is 5.11 Å². The first-order valence-corrected chi connectivity index (χ1v) is 5.18. The Kier molecular flexibility index (Phi) is 2.47. The number of hydrogen-bond donors (Lipinski definition) is 1. The maximum Gasteiger partial charge on any atom is 0.174 e. The Morgan fingerprint density at radius 1 is 1.31 bits per heavy atom. The maximum absolute atomic E-state index is 9.44. The highest BCUT2D eigenvalue weighted by molar-refractivity contribution is 8.01. The summed E-state index contributed by atoms with van der Waals surface area (Å²) in [7, 11) is 0. The number of nitrogens with zero attached hydrogens (tertiary/aromatic N) is 2. The van der Waals surface area contributed by atoms with E-state index in [4.69, 9.17) is 0 Å². The molecule has 13 heavy (non-hydrogen) atoms. The van der Waals surface area contributed by atoms with Crippen LogP contribution in [0.4, 0.5) is 0 Å². The van der Waals surface area contributed by atoms with Gasteiger partial charge in [0.1, 0.15) is 12.1 Å². The molecule has 0 aliphatic rings. The molecular weight excluding hydrogens is 204 g/mol. The first kappa shape index (κ1) is 8.52. The Morgan fingerprint density at radius 3 is 2.85 bits per heavy atom. The summed E-state index contributed by atoms with van der Waals surface area (Å²) in [5.41, 5.74) is 0. The van der Waals surface area contributed by atoms with Crippen molar-refractivity contribution in [2.75, 3.05) is 0 Å². The van der Waals surface area contributed by atoms with Crippen LogP contribution >= 0.6 is 23.3 Å². The molecule has 0 atom stereocenters. The molecule has 0 saturated heterocycles. The Labute approximate surface area is 83.6 Å². The fourth-order valence-corrected chi connectivity index (χ4v) is 2.28. The third kappa shape index (κ3) is 1.99. The van der Waals surface area contributed by atoms with Crippen molar-refractivity contribution in [2.45, 2.75) is 9.24 Å². The average Bonchev–Trinajstić information content (AvgIpc) is 2.61. The van der Waals surface area contributed by atoms with Crippen molar-refractivity contribution < 1.29 is 5.11 Å². The fraction of sp³-hybridized carbons (Fsp3) is 0. The lowest BCUT2D eigenvalue weighted by molar-refractivity contribution is 0.462. The number of aromatic hydroxyl groups is 1. The van der Waals surface area contributed by atoms with Crippen molar-refractivity contribution in [2.24, 2.45) is 0 Å². The van der Waals surface area contributed by atoms with Gasteiger partial charge in [0.25, 0.3) is 0 Å². The standard InChI is InChI=1S/C8H6N2OS2/c11-6-3-1-2-4-7(6)12-8-9-5-10-13-8/h1-5,11H. The van der Waals surface area contributed by atoms with Gasteiger partial charge in [-0.25, -0.2) is 4.98 Å². The van der Waals surface area contributed by atoms with Gasteiger partial charge in [-0.2, -0.15) is 4.37 Å². The first-order chi connectivity index (χ1) is 6.36. The minimum Gasteiger partial charge on any atom is -0.507 e. The lowest BCUT2D eigenvalue weighted by atomic mass is 10.3. The number of hydrogen-bond acceptors (Lipinski definition) is 5. The van der Waals surface area contributed by atoms with Gasteiger partial charge in [-0.05, 0) is 23.7 Å². The summed E-state index contributed by atoms with van der Waals surface area (Å²) in [6.45, 7) is 0. The molecule has 2 rings (SSSR count). The smallest absolute Gasteiger partial charge is 0.174 e. The van der Waals surface area contributed by atoms with Crippen molar-refractivity contribution in [1.82, 2.24) is 9.36 Å². The molecule has 0 spiro atoms. The highest BCUT2D eigenvalue weighted by atomic mass is 32.2. The minimum atomic E-state index is 0.280. The van der Waals surface area contributed by atoms with Crippen LogP contribution in [0.1, 0.15) is 0 Å². The predicted octanol–water partition coefficient (Wildman–Crippen LogP) is 2.39. The van der Waals surface area contributed by atoms with Crippen molar-refractivity contribution in [3.05, 3.63) is 30.6 Å². The van der Waals surface area contributed by atoms with Crippen LogP contribution in [0.5, 0.6) is 5.75 Å². The third-order valence-corrected chi connectivity index (χ3v) is 3.18. The molecule has 1 aromatic carbocycles. The lowest BCUT2D eigenvalue weighted by Crippen LogP contribution is -1.72. The Bertz CT molecular complexity index is 389. The zero-order valence-electron chi connectivity index (χ0n) is 6.54. The van der Waals surface area contributed by atoms with E-state index in [0.29, 0.717) is 0 Å². The van der Waals surface area contributed by atoms with E-state index in [2.05, 4.69) is 9.36 Å². The van der Waals surface area contributed by atoms with Gasteiger partial charge in [0.2, 0.25) is 0 Å².